The van der Waals surface area contributed by atoms with Crippen LogP contribution in [0.25, 0.3) is 0 Å². The van der Waals surface area contributed by atoms with Crippen LogP contribution in [0.2, 0.25) is 5.02 Å². The van der Waals surface area contributed by atoms with Crippen molar-refractivity contribution in [3.05, 3.63) is 28.5 Å². The van der Waals surface area contributed by atoms with Crippen LogP contribution in [0.4, 0.5) is 13.2 Å². The lowest BCUT2D eigenvalue weighted by Gasteiger charge is -2.11. The Labute approximate surface area is 110 Å². The van der Waals surface area contributed by atoms with Gasteiger partial charge in [-0.3, -0.25) is 4.98 Å². The van der Waals surface area contributed by atoms with Crippen molar-refractivity contribution in [2.45, 2.75) is 17.4 Å². The molecule has 1 rings (SSSR count). The van der Waals surface area contributed by atoms with Gasteiger partial charge in [0.15, 0.2) is 0 Å². The van der Waals surface area contributed by atoms with Gasteiger partial charge in [0.2, 0.25) is 0 Å². The summed E-state index contributed by atoms with van der Waals surface area (Å²) in [5.41, 5.74) is -0.428. The van der Waals surface area contributed by atoms with Gasteiger partial charge in [-0.1, -0.05) is 27.5 Å². The number of halogens is 5. The Balaban J connectivity index is 2.83. The molecular formula is C10H10BrClF3NO. The van der Waals surface area contributed by atoms with Crippen molar-refractivity contribution >= 4 is 27.5 Å². The van der Waals surface area contributed by atoms with Gasteiger partial charge in [-0.2, -0.15) is 13.2 Å². The van der Waals surface area contributed by atoms with Crippen molar-refractivity contribution in [1.82, 2.24) is 4.98 Å². The van der Waals surface area contributed by atoms with E-state index in [1.807, 2.05) is 0 Å². The van der Waals surface area contributed by atoms with Crippen LogP contribution < -0.4 is 0 Å². The normalized spacial score (nSPS) is 13.8. The first-order valence-electron chi connectivity index (χ1n) is 4.69. The van der Waals surface area contributed by atoms with Crippen LogP contribution in [0.5, 0.6) is 0 Å². The zero-order valence-corrected chi connectivity index (χ0v) is 11.2. The minimum Gasteiger partial charge on any atom is -0.384 e. The summed E-state index contributed by atoms with van der Waals surface area (Å²) < 4.78 is 42.0. The van der Waals surface area contributed by atoms with E-state index < -0.39 is 11.7 Å². The van der Waals surface area contributed by atoms with E-state index in [1.165, 1.54) is 7.11 Å². The minimum atomic E-state index is -4.42. The Morgan fingerprint density at radius 3 is 2.65 bits per heavy atom. The molecule has 0 aromatic carbocycles. The van der Waals surface area contributed by atoms with Gasteiger partial charge in [0.1, 0.15) is 0 Å². The lowest BCUT2D eigenvalue weighted by molar-refractivity contribution is -0.137. The summed E-state index contributed by atoms with van der Waals surface area (Å²) in [5, 5.41) is 0.0142. The van der Waals surface area contributed by atoms with Gasteiger partial charge in [-0.25, -0.2) is 0 Å². The average molecular weight is 333 g/mol. The third-order valence-electron chi connectivity index (χ3n) is 2.01. The Bertz CT molecular complexity index is 386. The fourth-order valence-electron chi connectivity index (χ4n) is 1.22. The average Bonchev–Trinajstić information content (AvgIpc) is 2.20. The molecule has 1 aromatic heterocycles. The van der Waals surface area contributed by atoms with Crippen molar-refractivity contribution in [1.29, 1.82) is 0 Å². The van der Waals surface area contributed by atoms with Crippen LogP contribution in [0.1, 0.15) is 11.3 Å². The number of nitrogens with zero attached hydrogens (tertiary/aromatic N) is 1. The second-order valence-electron chi connectivity index (χ2n) is 3.41. The number of methoxy groups -OCH3 is 1. The number of hydrogen-bond acceptors (Lipinski definition) is 2. The number of alkyl halides is 4. The second kappa shape index (κ2) is 6.02. The molecule has 7 heteroatoms. The van der Waals surface area contributed by atoms with E-state index in [-0.39, 0.29) is 9.85 Å². The summed E-state index contributed by atoms with van der Waals surface area (Å²) in [6.45, 7) is 0.430. The summed E-state index contributed by atoms with van der Waals surface area (Å²) in [4.78, 5) is 3.70. The predicted octanol–water partition coefficient (Wildman–Crippen LogP) is 3.71. The molecule has 0 fully saturated rings. The summed E-state index contributed by atoms with van der Waals surface area (Å²) in [6.07, 6.45) is -3.23. The second-order valence-corrected chi connectivity index (χ2v) is 5.11. The van der Waals surface area contributed by atoms with Gasteiger partial charge in [0, 0.05) is 24.6 Å². The SMILES string of the molecule is COCC(Br)Cc1ncc(C(F)(F)F)cc1Cl. The van der Waals surface area contributed by atoms with Gasteiger partial charge in [-0.15, -0.1) is 0 Å². The summed E-state index contributed by atoms with van der Waals surface area (Å²) in [6, 6.07) is 0.885. The van der Waals surface area contributed by atoms with Crippen molar-refractivity contribution in [2.75, 3.05) is 13.7 Å². The molecule has 1 unspecified atom stereocenters. The van der Waals surface area contributed by atoms with Gasteiger partial charge >= 0.3 is 6.18 Å². The maximum Gasteiger partial charge on any atom is 0.417 e. The van der Waals surface area contributed by atoms with Crippen molar-refractivity contribution in [3.8, 4) is 0 Å². The lowest BCUT2D eigenvalue weighted by Crippen LogP contribution is -2.13. The number of pyridine rings is 1. The van der Waals surface area contributed by atoms with E-state index >= 15 is 0 Å². The smallest absolute Gasteiger partial charge is 0.384 e. The number of ether oxygens (including phenoxy) is 1. The Morgan fingerprint density at radius 1 is 1.53 bits per heavy atom. The van der Waals surface area contributed by atoms with Crippen molar-refractivity contribution in [2.24, 2.45) is 0 Å². The lowest BCUT2D eigenvalue weighted by atomic mass is 10.2. The molecule has 0 saturated carbocycles. The zero-order chi connectivity index (χ0) is 13.1. The van der Waals surface area contributed by atoms with Crippen LogP contribution in [0.3, 0.4) is 0 Å². The maximum absolute atomic E-state index is 12.4. The van der Waals surface area contributed by atoms with Crippen LogP contribution in [0, 0.1) is 0 Å². The Hall–Kier alpha value is -0.330. The number of rotatable bonds is 4. The predicted molar refractivity (Wildman–Crippen MR) is 62.5 cm³/mol. The van der Waals surface area contributed by atoms with E-state index in [1.54, 1.807) is 0 Å². The highest BCUT2D eigenvalue weighted by Crippen LogP contribution is 2.31. The monoisotopic (exact) mass is 331 g/mol. The van der Waals surface area contributed by atoms with E-state index in [0.29, 0.717) is 18.7 Å². The third-order valence-corrected chi connectivity index (χ3v) is 2.92. The molecule has 17 heavy (non-hydrogen) atoms. The standard InChI is InChI=1S/C10H10BrClF3NO/c1-17-5-7(11)3-9-8(12)2-6(4-16-9)10(13,14)15/h2,4,7H,3,5H2,1H3. The van der Waals surface area contributed by atoms with Gasteiger partial charge in [0.25, 0.3) is 0 Å². The van der Waals surface area contributed by atoms with E-state index in [2.05, 4.69) is 20.9 Å². The fraction of sp³-hybridized carbons (Fsp3) is 0.500. The third kappa shape index (κ3) is 4.44. The molecule has 96 valence electrons. The molecule has 1 aromatic rings. The molecule has 0 aliphatic carbocycles. The molecule has 0 saturated heterocycles. The molecule has 1 atom stereocenters. The molecule has 0 amide bonds. The highest BCUT2D eigenvalue weighted by molar-refractivity contribution is 9.09. The maximum atomic E-state index is 12.4. The van der Waals surface area contributed by atoms with Crippen LogP contribution in [-0.4, -0.2) is 23.5 Å². The largest absolute Gasteiger partial charge is 0.417 e. The number of aromatic nitrogens is 1. The molecular weight excluding hydrogens is 322 g/mol. The number of hydrogen-bond donors (Lipinski definition) is 0. The van der Waals surface area contributed by atoms with Crippen LogP contribution >= 0.6 is 27.5 Å². The quantitative estimate of drug-likeness (QED) is 0.784. The topological polar surface area (TPSA) is 22.1 Å². The highest BCUT2D eigenvalue weighted by Gasteiger charge is 2.31. The van der Waals surface area contributed by atoms with E-state index in [9.17, 15) is 13.2 Å². The first kappa shape index (κ1) is 14.7. The molecule has 0 aliphatic heterocycles. The van der Waals surface area contributed by atoms with Gasteiger partial charge < -0.3 is 4.74 Å². The molecule has 0 N–H and O–H groups in total. The summed E-state index contributed by atoms with van der Waals surface area (Å²) in [5.74, 6) is 0. The zero-order valence-electron chi connectivity index (χ0n) is 8.89. The molecule has 0 spiro atoms. The van der Waals surface area contributed by atoms with E-state index in [0.717, 1.165) is 12.3 Å². The van der Waals surface area contributed by atoms with Crippen molar-refractivity contribution in [3.63, 3.8) is 0 Å². The molecule has 2 nitrogen and oxygen atoms in total. The summed E-state index contributed by atoms with van der Waals surface area (Å²) in [7, 11) is 1.54. The Morgan fingerprint density at radius 2 is 2.18 bits per heavy atom. The molecule has 0 aliphatic rings. The van der Waals surface area contributed by atoms with Crippen LogP contribution in [-0.2, 0) is 17.3 Å². The minimum absolute atomic E-state index is 0.0142. The fourth-order valence-corrected chi connectivity index (χ4v) is 2.04. The van der Waals surface area contributed by atoms with E-state index in [4.69, 9.17) is 16.3 Å². The van der Waals surface area contributed by atoms with Gasteiger partial charge in [0.05, 0.1) is 22.9 Å². The molecule has 0 bridgehead atoms. The first-order chi connectivity index (χ1) is 7.84. The van der Waals surface area contributed by atoms with Crippen molar-refractivity contribution < 1.29 is 17.9 Å². The molecule has 1 heterocycles. The first-order valence-corrected chi connectivity index (χ1v) is 5.98. The summed E-state index contributed by atoms with van der Waals surface area (Å²) >= 11 is 9.08. The Kier molecular flexibility index (Phi) is 5.22. The van der Waals surface area contributed by atoms with Crippen LogP contribution in [0.15, 0.2) is 12.3 Å². The van der Waals surface area contributed by atoms with Gasteiger partial charge in [-0.05, 0) is 6.07 Å². The molecule has 0 radical (unpaired) electrons. The highest BCUT2D eigenvalue weighted by atomic mass is 79.9.